The summed E-state index contributed by atoms with van der Waals surface area (Å²) in [5.74, 6) is -0.425. The normalized spacial score (nSPS) is 11.8. The van der Waals surface area contributed by atoms with Crippen molar-refractivity contribution in [3.05, 3.63) is 75.8 Å². The maximum Gasteiger partial charge on any atom is 0.270 e. The van der Waals surface area contributed by atoms with E-state index in [4.69, 9.17) is 0 Å². The first-order chi connectivity index (χ1) is 13.4. The minimum Gasteiger partial charge on any atom is -0.348 e. The second-order valence-electron chi connectivity index (χ2n) is 6.40. The van der Waals surface area contributed by atoms with E-state index in [-0.39, 0.29) is 23.4 Å². The predicted octanol–water partition coefficient (Wildman–Crippen LogP) is 3.91. The Kier molecular flexibility index (Phi) is 7.45. The third-order valence-electron chi connectivity index (χ3n) is 4.23. The largest absolute Gasteiger partial charge is 0.348 e. The van der Waals surface area contributed by atoms with Crippen molar-refractivity contribution < 1.29 is 14.5 Å². The summed E-state index contributed by atoms with van der Waals surface area (Å²) in [5, 5.41) is 16.4. The molecule has 0 fully saturated rings. The number of rotatable bonds is 8. The van der Waals surface area contributed by atoms with Crippen LogP contribution in [0, 0.1) is 16.0 Å². The van der Waals surface area contributed by atoms with Gasteiger partial charge in [0.1, 0.15) is 0 Å². The Labute approximate surface area is 163 Å². The molecule has 2 N–H and O–H groups in total. The minimum atomic E-state index is -0.482. The smallest absolute Gasteiger partial charge is 0.270 e. The molecule has 0 aliphatic heterocycles. The Bertz CT molecular complexity index is 893. The van der Waals surface area contributed by atoms with Crippen LogP contribution in [0.4, 0.5) is 11.4 Å². The van der Waals surface area contributed by atoms with E-state index in [0.29, 0.717) is 17.8 Å². The highest BCUT2D eigenvalue weighted by atomic mass is 16.6. The van der Waals surface area contributed by atoms with Crippen molar-refractivity contribution in [3.8, 4) is 0 Å². The van der Waals surface area contributed by atoms with E-state index in [1.807, 2.05) is 32.0 Å². The molecule has 0 aromatic heterocycles. The molecule has 0 aliphatic rings. The van der Waals surface area contributed by atoms with E-state index in [0.717, 1.165) is 12.0 Å². The van der Waals surface area contributed by atoms with E-state index in [9.17, 15) is 19.7 Å². The molecule has 0 bridgehead atoms. The fraction of sp³-hybridized carbons (Fsp3) is 0.238. The SMILES string of the molecule is CCC(C)C(=O)Nc1cccc(CNC(=O)C=Cc2cccc([N+](=O)[O-])c2)c1. The van der Waals surface area contributed by atoms with Crippen molar-refractivity contribution in [2.24, 2.45) is 5.92 Å². The van der Waals surface area contributed by atoms with Crippen LogP contribution in [0.5, 0.6) is 0 Å². The quantitative estimate of drug-likeness (QED) is 0.411. The lowest BCUT2D eigenvalue weighted by Crippen LogP contribution is -2.21. The van der Waals surface area contributed by atoms with Gasteiger partial charge < -0.3 is 10.6 Å². The molecule has 7 nitrogen and oxygen atoms in total. The number of nitro groups is 1. The average Bonchev–Trinajstić information content (AvgIpc) is 2.70. The van der Waals surface area contributed by atoms with Gasteiger partial charge in [0.2, 0.25) is 11.8 Å². The fourth-order valence-corrected chi connectivity index (χ4v) is 2.37. The molecule has 1 unspecified atom stereocenters. The van der Waals surface area contributed by atoms with Crippen LogP contribution in [0.15, 0.2) is 54.6 Å². The van der Waals surface area contributed by atoms with Gasteiger partial charge in [0, 0.05) is 36.4 Å². The lowest BCUT2D eigenvalue weighted by Gasteiger charge is -2.11. The number of nitrogens with one attached hydrogen (secondary N) is 2. The zero-order valence-corrected chi connectivity index (χ0v) is 15.8. The maximum atomic E-state index is 12.0. The lowest BCUT2D eigenvalue weighted by atomic mass is 10.1. The number of anilines is 1. The molecule has 2 aromatic rings. The first-order valence-corrected chi connectivity index (χ1v) is 8.99. The maximum absolute atomic E-state index is 12.0. The molecule has 0 aliphatic carbocycles. The molecule has 2 aromatic carbocycles. The summed E-state index contributed by atoms with van der Waals surface area (Å²) in [5.41, 5.74) is 2.07. The van der Waals surface area contributed by atoms with Crippen LogP contribution in [-0.2, 0) is 16.1 Å². The molecule has 0 saturated heterocycles. The highest BCUT2D eigenvalue weighted by Gasteiger charge is 2.10. The Hall–Kier alpha value is -3.48. The number of nitro benzene ring substituents is 1. The zero-order chi connectivity index (χ0) is 20.5. The van der Waals surface area contributed by atoms with Gasteiger partial charge in [-0.1, -0.05) is 38.1 Å². The van der Waals surface area contributed by atoms with E-state index < -0.39 is 4.92 Å². The van der Waals surface area contributed by atoms with Crippen LogP contribution in [0.25, 0.3) is 6.08 Å². The van der Waals surface area contributed by atoms with Gasteiger partial charge in [-0.3, -0.25) is 19.7 Å². The second-order valence-corrected chi connectivity index (χ2v) is 6.40. The Morgan fingerprint density at radius 1 is 1.18 bits per heavy atom. The van der Waals surface area contributed by atoms with Crippen LogP contribution in [0.1, 0.15) is 31.4 Å². The van der Waals surface area contributed by atoms with Gasteiger partial charge in [0.25, 0.3) is 5.69 Å². The zero-order valence-electron chi connectivity index (χ0n) is 15.8. The number of hydrogen-bond donors (Lipinski definition) is 2. The van der Waals surface area contributed by atoms with Gasteiger partial charge in [0.05, 0.1) is 4.92 Å². The molecule has 1 atom stereocenters. The van der Waals surface area contributed by atoms with Gasteiger partial charge >= 0.3 is 0 Å². The summed E-state index contributed by atoms with van der Waals surface area (Å²) >= 11 is 0. The number of benzene rings is 2. The molecule has 0 radical (unpaired) electrons. The Morgan fingerprint density at radius 2 is 1.93 bits per heavy atom. The summed E-state index contributed by atoms with van der Waals surface area (Å²) in [6.07, 6.45) is 3.61. The second kappa shape index (κ2) is 10.0. The van der Waals surface area contributed by atoms with Gasteiger partial charge in [0.15, 0.2) is 0 Å². The van der Waals surface area contributed by atoms with Crippen LogP contribution in [-0.4, -0.2) is 16.7 Å². The summed E-state index contributed by atoms with van der Waals surface area (Å²) in [7, 11) is 0. The van der Waals surface area contributed by atoms with Crippen molar-refractivity contribution in [1.82, 2.24) is 5.32 Å². The van der Waals surface area contributed by atoms with Crippen LogP contribution in [0.3, 0.4) is 0 Å². The number of amides is 2. The van der Waals surface area contributed by atoms with Crippen molar-refractivity contribution in [2.75, 3.05) is 5.32 Å². The number of hydrogen-bond acceptors (Lipinski definition) is 4. The third kappa shape index (κ3) is 6.35. The van der Waals surface area contributed by atoms with E-state index in [2.05, 4.69) is 10.6 Å². The van der Waals surface area contributed by atoms with Crippen molar-refractivity contribution in [1.29, 1.82) is 0 Å². The summed E-state index contributed by atoms with van der Waals surface area (Å²) in [6.45, 7) is 4.12. The van der Waals surface area contributed by atoms with E-state index in [1.54, 1.807) is 18.2 Å². The predicted molar refractivity (Wildman–Crippen MR) is 109 cm³/mol. The molecule has 2 rings (SSSR count). The van der Waals surface area contributed by atoms with Crippen LogP contribution in [0.2, 0.25) is 0 Å². The van der Waals surface area contributed by atoms with Gasteiger partial charge in [-0.05, 0) is 35.8 Å². The summed E-state index contributed by atoms with van der Waals surface area (Å²) < 4.78 is 0. The first kappa shape index (κ1) is 20.8. The molecular weight excluding hydrogens is 358 g/mol. The Balaban J connectivity index is 1.92. The average molecular weight is 381 g/mol. The molecule has 7 heteroatoms. The van der Waals surface area contributed by atoms with Gasteiger partial charge in [-0.2, -0.15) is 0 Å². The topological polar surface area (TPSA) is 101 Å². The molecule has 0 saturated carbocycles. The highest BCUT2D eigenvalue weighted by Crippen LogP contribution is 2.15. The minimum absolute atomic E-state index is 0.0289. The van der Waals surface area contributed by atoms with E-state index in [1.165, 1.54) is 24.3 Å². The summed E-state index contributed by atoms with van der Waals surface area (Å²) in [4.78, 5) is 34.3. The van der Waals surface area contributed by atoms with E-state index >= 15 is 0 Å². The molecule has 28 heavy (non-hydrogen) atoms. The number of carbonyl (C=O) groups excluding carboxylic acids is 2. The van der Waals surface area contributed by atoms with Crippen molar-refractivity contribution in [3.63, 3.8) is 0 Å². The third-order valence-corrected chi connectivity index (χ3v) is 4.23. The van der Waals surface area contributed by atoms with Crippen LogP contribution < -0.4 is 10.6 Å². The standard InChI is InChI=1S/C21H23N3O4/c1-3-15(2)21(26)23-18-8-4-7-17(12-18)14-22-20(25)11-10-16-6-5-9-19(13-16)24(27)28/h4-13,15H,3,14H2,1-2H3,(H,22,25)(H,23,26). The fourth-order valence-electron chi connectivity index (χ4n) is 2.37. The van der Waals surface area contributed by atoms with Crippen molar-refractivity contribution in [2.45, 2.75) is 26.8 Å². The number of nitrogens with zero attached hydrogens (tertiary/aromatic N) is 1. The first-order valence-electron chi connectivity index (χ1n) is 8.99. The summed E-state index contributed by atoms with van der Waals surface area (Å²) in [6, 6.07) is 13.3. The monoisotopic (exact) mass is 381 g/mol. The molecule has 0 heterocycles. The number of non-ortho nitro benzene ring substituents is 1. The molecule has 2 amide bonds. The number of carbonyl (C=O) groups is 2. The lowest BCUT2D eigenvalue weighted by molar-refractivity contribution is -0.384. The Morgan fingerprint density at radius 3 is 2.64 bits per heavy atom. The van der Waals surface area contributed by atoms with Gasteiger partial charge in [-0.25, -0.2) is 0 Å². The van der Waals surface area contributed by atoms with Crippen LogP contribution >= 0.6 is 0 Å². The van der Waals surface area contributed by atoms with Crippen molar-refractivity contribution >= 4 is 29.3 Å². The highest BCUT2D eigenvalue weighted by molar-refractivity contribution is 5.93. The molecule has 146 valence electrons. The molecular formula is C21H23N3O4. The molecule has 0 spiro atoms. The van der Waals surface area contributed by atoms with Gasteiger partial charge in [-0.15, -0.1) is 0 Å².